The topological polar surface area (TPSA) is 76.5 Å². The van der Waals surface area contributed by atoms with Crippen LogP contribution in [0.15, 0.2) is 49.1 Å². The Labute approximate surface area is 121 Å². The van der Waals surface area contributed by atoms with Gasteiger partial charge in [0.2, 0.25) is 0 Å². The highest BCUT2D eigenvalue weighted by Crippen LogP contribution is 2.21. The van der Waals surface area contributed by atoms with E-state index in [4.69, 9.17) is 5.73 Å². The van der Waals surface area contributed by atoms with E-state index in [1.54, 1.807) is 46.3 Å². The van der Waals surface area contributed by atoms with Gasteiger partial charge in [0.25, 0.3) is 5.91 Å². The van der Waals surface area contributed by atoms with Crippen LogP contribution in [0, 0.1) is 0 Å². The molecule has 0 atom stereocenters. The zero-order valence-corrected chi connectivity index (χ0v) is 11.6. The SMILES string of the molecule is CCN(C(=O)c1cnn2ccncc12)c1cccc(N)c1. The van der Waals surface area contributed by atoms with Crippen molar-refractivity contribution in [2.45, 2.75) is 6.92 Å². The monoisotopic (exact) mass is 281 g/mol. The first-order chi connectivity index (χ1) is 10.2. The highest BCUT2D eigenvalue weighted by atomic mass is 16.2. The third kappa shape index (κ3) is 2.31. The number of hydrogen-bond acceptors (Lipinski definition) is 4. The summed E-state index contributed by atoms with van der Waals surface area (Å²) in [5.41, 5.74) is 8.40. The summed E-state index contributed by atoms with van der Waals surface area (Å²) in [5, 5.41) is 4.17. The van der Waals surface area contributed by atoms with E-state index in [-0.39, 0.29) is 5.91 Å². The number of rotatable bonds is 3. The van der Waals surface area contributed by atoms with Gasteiger partial charge in [-0.2, -0.15) is 5.10 Å². The van der Waals surface area contributed by atoms with Gasteiger partial charge in [-0.05, 0) is 25.1 Å². The lowest BCUT2D eigenvalue weighted by Crippen LogP contribution is -2.30. The molecule has 6 nitrogen and oxygen atoms in total. The normalized spacial score (nSPS) is 10.7. The van der Waals surface area contributed by atoms with E-state index in [9.17, 15) is 4.79 Å². The molecule has 0 spiro atoms. The van der Waals surface area contributed by atoms with E-state index in [1.807, 2.05) is 19.1 Å². The smallest absolute Gasteiger partial charge is 0.262 e. The molecule has 2 heterocycles. The Morgan fingerprint density at radius 3 is 3.00 bits per heavy atom. The lowest BCUT2D eigenvalue weighted by molar-refractivity contribution is 0.0990. The maximum atomic E-state index is 12.8. The molecule has 0 unspecified atom stereocenters. The zero-order chi connectivity index (χ0) is 14.8. The van der Waals surface area contributed by atoms with Gasteiger partial charge in [0.05, 0.1) is 23.5 Å². The van der Waals surface area contributed by atoms with E-state index in [1.165, 1.54) is 0 Å². The molecule has 3 aromatic rings. The fourth-order valence-electron chi connectivity index (χ4n) is 2.28. The van der Waals surface area contributed by atoms with Crippen molar-refractivity contribution in [2.75, 3.05) is 17.2 Å². The van der Waals surface area contributed by atoms with Crippen LogP contribution in [-0.4, -0.2) is 27.0 Å². The van der Waals surface area contributed by atoms with Crippen molar-refractivity contribution < 1.29 is 4.79 Å². The van der Waals surface area contributed by atoms with Crippen LogP contribution in [0.5, 0.6) is 0 Å². The van der Waals surface area contributed by atoms with Crippen LogP contribution in [0.25, 0.3) is 5.52 Å². The van der Waals surface area contributed by atoms with Gasteiger partial charge in [-0.1, -0.05) is 6.07 Å². The molecule has 2 aromatic heterocycles. The molecule has 0 aliphatic heterocycles. The molecule has 0 radical (unpaired) electrons. The summed E-state index contributed by atoms with van der Waals surface area (Å²) in [6.07, 6.45) is 6.54. The van der Waals surface area contributed by atoms with Gasteiger partial charge in [-0.15, -0.1) is 0 Å². The minimum atomic E-state index is -0.119. The van der Waals surface area contributed by atoms with Crippen molar-refractivity contribution in [3.05, 3.63) is 54.6 Å². The maximum absolute atomic E-state index is 12.8. The molecule has 3 rings (SSSR count). The Bertz CT molecular complexity index is 795. The number of carbonyl (C=O) groups is 1. The molecule has 0 aliphatic carbocycles. The van der Waals surface area contributed by atoms with Crippen molar-refractivity contribution in [1.82, 2.24) is 14.6 Å². The second kappa shape index (κ2) is 5.24. The van der Waals surface area contributed by atoms with Crippen LogP contribution in [-0.2, 0) is 0 Å². The number of hydrogen-bond donors (Lipinski definition) is 1. The third-order valence-electron chi connectivity index (χ3n) is 3.30. The highest BCUT2D eigenvalue weighted by molar-refractivity contribution is 6.10. The molecule has 0 fully saturated rings. The van der Waals surface area contributed by atoms with Crippen molar-refractivity contribution >= 4 is 22.8 Å². The first-order valence-corrected chi connectivity index (χ1v) is 6.65. The standard InChI is InChI=1S/C15H15N5O/c1-2-19(12-5-3-4-11(16)8-12)15(21)13-9-18-20-7-6-17-10-14(13)20/h3-10H,2,16H2,1H3. The largest absolute Gasteiger partial charge is 0.399 e. The van der Waals surface area contributed by atoms with Crippen molar-refractivity contribution in [1.29, 1.82) is 0 Å². The molecule has 0 saturated carbocycles. The Morgan fingerprint density at radius 2 is 2.24 bits per heavy atom. The minimum Gasteiger partial charge on any atom is -0.399 e. The van der Waals surface area contributed by atoms with E-state index >= 15 is 0 Å². The maximum Gasteiger partial charge on any atom is 0.262 e. The van der Waals surface area contributed by atoms with Gasteiger partial charge in [0.15, 0.2) is 0 Å². The lowest BCUT2D eigenvalue weighted by atomic mass is 10.2. The van der Waals surface area contributed by atoms with Gasteiger partial charge >= 0.3 is 0 Å². The van der Waals surface area contributed by atoms with Crippen molar-refractivity contribution in [3.63, 3.8) is 0 Å². The quantitative estimate of drug-likeness (QED) is 0.745. The summed E-state index contributed by atoms with van der Waals surface area (Å²) in [6.45, 7) is 2.46. The number of fused-ring (bicyclic) bond motifs is 1. The predicted molar refractivity (Wildman–Crippen MR) is 81.2 cm³/mol. The fraction of sp³-hybridized carbons (Fsp3) is 0.133. The molecule has 2 N–H and O–H groups in total. The third-order valence-corrected chi connectivity index (χ3v) is 3.30. The fourth-order valence-corrected chi connectivity index (χ4v) is 2.28. The molecule has 1 amide bonds. The summed E-state index contributed by atoms with van der Waals surface area (Å²) in [6, 6.07) is 7.27. The Balaban J connectivity index is 2.03. The Hall–Kier alpha value is -2.89. The minimum absolute atomic E-state index is 0.119. The average Bonchev–Trinajstić information content (AvgIpc) is 2.92. The van der Waals surface area contributed by atoms with Crippen LogP contribution in [0.4, 0.5) is 11.4 Å². The summed E-state index contributed by atoms with van der Waals surface area (Å²) >= 11 is 0. The van der Waals surface area contributed by atoms with E-state index in [0.717, 1.165) is 5.69 Å². The van der Waals surface area contributed by atoms with Crippen molar-refractivity contribution in [3.8, 4) is 0 Å². The number of amides is 1. The predicted octanol–water partition coefficient (Wildman–Crippen LogP) is 1.98. The van der Waals surface area contributed by atoms with Gasteiger partial charge in [0.1, 0.15) is 0 Å². The summed E-state index contributed by atoms with van der Waals surface area (Å²) in [7, 11) is 0. The Morgan fingerprint density at radius 1 is 1.38 bits per heavy atom. The molecule has 1 aromatic carbocycles. The van der Waals surface area contributed by atoms with Crippen molar-refractivity contribution in [2.24, 2.45) is 0 Å². The number of carbonyl (C=O) groups excluding carboxylic acids is 1. The number of anilines is 2. The Kier molecular flexibility index (Phi) is 3.27. The second-order valence-electron chi connectivity index (χ2n) is 4.61. The first kappa shape index (κ1) is 13.1. The van der Waals surface area contributed by atoms with Crippen LogP contribution in [0.2, 0.25) is 0 Å². The van der Waals surface area contributed by atoms with Gasteiger partial charge in [-0.25, -0.2) is 4.52 Å². The highest BCUT2D eigenvalue weighted by Gasteiger charge is 2.20. The molecule has 0 saturated heterocycles. The number of benzene rings is 1. The van der Waals surface area contributed by atoms with Gasteiger partial charge in [0, 0.05) is 30.3 Å². The molecular weight excluding hydrogens is 266 g/mol. The van der Waals surface area contributed by atoms with Crippen LogP contribution in [0.3, 0.4) is 0 Å². The molecule has 21 heavy (non-hydrogen) atoms. The van der Waals surface area contributed by atoms with E-state index < -0.39 is 0 Å². The molecule has 106 valence electrons. The van der Waals surface area contributed by atoms with E-state index in [0.29, 0.717) is 23.3 Å². The number of aromatic nitrogens is 3. The number of nitrogen functional groups attached to an aromatic ring is 1. The molecule has 0 aliphatic rings. The van der Waals surface area contributed by atoms with Crippen LogP contribution in [0.1, 0.15) is 17.3 Å². The van der Waals surface area contributed by atoms with Crippen LogP contribution < -0.4 is 10.6 Å². The first-order valence-electron chi connectivity index (χ1n) is 6.65. The van der Waals surface area contributed by atoms with Gasteiger partial charge < -0.3 is 10.6 Å². The molecule has 0 bridgehead atoms. The number of nitrogens with zero attached hydrogens (tertiary/aromatic N) is 4. The zero-order valence-electron chi connectivity index (χ0n) is 11.6. The van der Waals surface area contributed by atoms with Crippen LogP contribution >= 0.6 is 0 Å². The van der Waals surface area contributed by atoms with Gasteiger partial charge in [-0.3, -0.25) is 9.78 Å². The lowest BCUT2D eigenvalue weighted by Gasteiger charge is -2.20. The molecule has 6 heteroatoms. The number of nitrogens with two attached hydrogens (primary N) is 1. The average molecular weight is 281 g/mol. The second-order valence-corrected chi connectivity index (χ2v) is 4.61. The summed E-state index contributed by atoms with van der Waals surface area (Å²) in [4.78, 5) is 18.5. The molecular formula is C15H15N5O. The summed E-state index contributed by atoms with van der Waals surface area (Å²) in [5.74, 6) is -0.119. The van der Waals surface area contributed by atoms with E-state index in [2.05, 4.69) is 10.1 Å². The summed E-state index contributed by atoms with van der Waals surface area (Å²) < 4.78 is 1.63.